The number of hydrogen-bond donors (Lipinski definition) is 1. The number of thioether (sulfide) groups is 1. The fraction of sp³-hybridized carbons (Fsp3) is 0.500. The molecular weight excluding hydrogens is 275 g/mol. The van der Waals surface area contributed by atoms with Crippen molar-refractivity contribution in [2.45, 2.75) is 10.9 Å². The number of benzene rings is 1. The Morgan fingerprint density at radius 3 is 2.82 bits per heavy atom. The smallest absolute Gasteiger partial charge is 0.0542 e. The van der Waals surface area contributed by atoms with Crippen molar-refractivity contribution in [2.75, 3.05) is 32.4 Å². The van der Waals surface area contributed by atoms with Gasteiger partial charge in [0.25, 0.3) is 0 Å². The maximum Gasteiger partial charge on any atom is 0.0542 e. The van der Waals surface area contributed by atoms with E-state index in [-0.39, 0.29) is 0 Å². The van der Waals surface area contributed by atoms with Crippen molar-refractivity contribution >= 4 is 35.0 Å². The van der Waals surface area contributed by atoms with E-state index in [4.69, 9.17) is 23.2 Å². The van der Waals surface area contributed by atoms with E-state index in [9.17, 15) is 0 Å². The Balaban J connectivity index is 1.79. The fourth-order valence-corrected chi connectivity index (χ4v) is 3.19. The Morgan fingerprint density at radius 1 is 1.41 bits per heavy atom. The lowest BCUT2D eigenvalue weighted by atomic mass is 10.1. The summed E-state index contributed by atoms with van der Waals surface area (Å²) in [5.74, 6) is 1.03. The lowest BCUT2D eigenvalue weighted by Crippen LogP contribution is -2.56. The van der Waals surface area contributed by atoms with Crippen LogP contribution < -0.4 is 5.32 Å². The van der Waals surface area contributed by atoms with Crippen molar-refractivity contribution in [3.8, 4) is 0 Å². The normalized spacial score (nSPS) is 16.2. The van der Waals surface area contributed by atoms with Crippen LogP contribution in [0.15, 0.2) is 23.1 Å². The van der Waals surface area contributed by atoms with Gasteiger partial charge >= 0.3 is 0 Å². The molecule has 1 aliphatic rings. The van der Waals surface area contributed by atoms with Gasteiger partial charge in [-0.25, -0.2) is 0 Å². The van der Waals surface area contributed by atoms with Gasteiger partial charge in [-0.15, -0.1) is 11.8 Å². The molecule has 1 aromatic carbocycles. The molecule has 2 rings (SSSR count). The molecular formula is C12H16Cl2N2S. The zero-order chi connectivity index (χ0) is 12.3. The first kappa shape index (κ1) is 13.5. The Hall–Kier alpha value is 0.0700. The second kappa shape index (κ2) is 6.30. The second-order valence-electron chi connectivity index (χ2n) is 4.22. The lowest BCUT2D eigenvalue weighted by Gasteiger charge is -2.35. The SMILES string of the molecule is CN(CCSc1cc(Cl)ccc1Cl)C1CNC1. The summed E-state index contributed by atoms with van der Waals surface area (Å²) in [7, 11) is 2.17. The molecule has 1 N–H and O–H groups in total. The summed E-state index contributed by atoms with van der Waals surface area (Å²) in [6, 6.07) is 6.30. The summed E-state index contributed by atoms with van der Waals surface area (Å²) in [6.45, 7) is 3.29. The number of hydrogen-bond acceptors (Lipinski definition) is 3. The molecule has 2 nitrogen and oxygen atoms in total. The van der Waals surface area contributed by atoms with Crippen LogP contribution in [-0.2, 0) is 0 Å². The van der Waals surface area contributed by atoms with Crippen LogP contribution in [0.25, 0.3) is 0 Å². The van der Waals surface area contributed by atoms with Gasteiger partial charge in [0.05, 0.1) is 5.02 Å². The van der Waals surface area contributed by atoms with E-state index in [1.807, 2.05) is 18.2 Å². The summed E-state index contributed by atoms with van der Waals surface area (Å²) < 4.78 is 0. The van der Waals surface area contributed by atoms with Crippen LogP contribution in [0.2, 0.25) is 10.0 Å². The first-order valence-corrected chi connectivity index (χ1v) is 7.40. The van der Waals surface area contributed by atoms with E-state index in [2.05, 4.69) is 17.3 Å². The quantitative estimate of drug-likeness (QED) is 0.840. The van der Waals surface area contributed by atoms with Gasteiger partial charge in [-0.05, 0) is 25.2 Å². The largest absolute Gasteiger partial charge is 0.314 e. The van der Waals surface area contributed by atoms with Crippen molar-refractivity contribution in [1.82, 2.24) is 10.2 Å². The third-order valence-corrected chi connectivity index (χ3v) is 4.69. The van der Waals surface area contributed by atoms with Crippen LogP contribution in [0.1, 0.15) is 0 Å². The molecule has 0 saturated carbocycles. The number of likely N-dealkylation sites (N-methyl/N-ethyl adjacent to an activating group) is 1. The minimum atomic E-state index is 0.699. The standard InChI is InChI=1S/C12H16Cl2N2S/c1-16(10-7-15-8-10)4-5-17-12-6-9(13)2-3-11(12)14/h2-3,6,10,15H,4-5,7-8H2,1H3. The average Bonchev–Trinajstić information content (AvgIpc) is 2.20. The molecule has 1 heterocycles. The molecule has 0 radical (unpaired) electrons. The van der Waals surface area contributed by atoms with Crippen molar-refractivity contribution in [1.29, 1.82) is 0 Å². The van der Waals surface area contributed by atoms with Crippen molar-refractivity contribution in [2.24, 2.45) is 0 Å². The van der Waals surface area contributed by atoms with Crippen molar-refractivity contribution in [3.05, 3.63) is 28.2 Å². The van der Waals surface area contributed by atoms with Crippen molar-refractivity contribution < 1.29 is 0 Å². The maximum atomic E-state index is 6.11. The highest BCUT2D eigenvalue weighted by atomic mass is 35.5. The predicted octanol–water partition coefficient (Wildman–Crippen LogP) is 2.99. The van der Waals surface area contributed by atoms with Gasteiger partial charge in [-0.1, -0.05) is 23.2 Å². The first-order valence-electron chi connectivity index (χ1n) is 5.65. The molecule has 94 valence electrons. The van der Waals surface area contributed by atoms with E-state index < -0.39 is 0 Å². The predicted molar refractivity (Wildman–Crippen MR) is 76.5 cm³/mol. The van der Waals surface area contributed by atoms with Crippen LogP contribution in [0, 0.1) is 0 Å². The van der Waals surface area contributed by atoms with Crippen LogP contribution in [0.4, 0.5) is 0 Å². The molecule has 0 aromatic heterocycles. The number of nitrogens with zero attached hydrogens (tertiary/aromatic N) is 1. The van der Waals surface area contributed by atoms with E-state index in [0.717, 1.165) is 40.3 Å². The van der Waals surface area contributed by atoms with Gasteiger partial charge < -0.3 is 10.2 Å². The number of halogens is 2. The molecule has 5 heteroatoms. The molecule has 1 aromatic rings. The van der Waals surface area contributed by atoms with Gasteiger partial charge in [0.1, 0.15) is 0 Å². The van der Waals surface area contributed by atoms with E-state index >= 15 is 0 Å². The van der Waals surface area contributed by atoms with Crippen LogP contribution >= 0.6 is 35.0 Å². The van der Waals surface area contributed by atoms with E-state index in [1.165, 1.54) is 0 Å². The third-order valence-electron chi connectivity index (χ3n) is 2.98. The molecule has 0 unspecified atom stereocenters. The second-order valence-corrected chi connectivity index (χ2v) is 6.20. The molecule has 0 spiro atoms. The number of nitrogens with one attached hydrogen (secondary N) is 1. The van der Waals surface area contributed by atoms with Crippen LogP contribution in [0.3, 0.4) is 0 Å². The molecule has 0 atom stereocenters. The zero-order valence-corrected chi connectivity index (χ0v) is 12.1. The minimum Gasteiger partial charge on any atom is -0.314 e. The molecule has 0 aliphatic carbocycles. The average molecular weight is 291 g/mol. The molecule has 0 bridgehead atoms. The molecule has 1 aliphatic heterocycles. The maximum absolute atomic E-state index is 6.11. The lowest BCUT2D eigenvalue weighted by molar-refractivity contribution is 0.190. The van der Waals surface area contributed by atoms with E-state index in [1.54, 1.807) is 11.8 Å². The van der Waals surface area contributed by atoms with Gasteiger partial charge in [-0.3, -0.25) is 0 Å². The van der Waals surface area contributed by atoms with Crippen molar-refractivity contribution in [3.63, 3.8) is 0 Å². The van der Waals surface area contributed by atoms with Gasteiger partial charge in [-0.2, -0.15) is 0 Å². The fourth-order valence-electron chi connectivity index (χ4n) is 1.66. The summed E-state index contributed by atoms with van der Waals surface area (Å²) in [5.41, 5.74) is 0. The summed E-state index contributed by atoms with van der Waals surface area (Å²) >= 11 is 13.8. The topological polar surface area (TPSA) is 15.3 Å². The Morgan fingerprint density at radius 2 is 2.18 bits per heavy atom. The van der Waals surface area contributed by atoms with Gasteiger partial charge in [0.15, 0.2) is 0 Å². The monoisotopic (exact) mass is 290 g/mol. The minimum absolute atomic E-state index is 0.699. The highest BCUT2D eigenvalue weighted by Gasteiger charge is 2.20. The van der Waals surface area contributed by atoms with Gasteiger partial charge in [0, 0.05) is 41.3 Å². The van der Waals surface area contributed by atoms with Crippen LogP contribution in [0.5, 0.6) is 0 Å². The van der Waals surface area contributed by atoms with E-state index in [0.29, 0.717) is 6.04 Å². The first-order chi connectivity index (χ1) is 8.16. The Bertz CT molecular complexity index is 383. The molecule has 1 saturated heterocycles. The van der Waals surface area contributed by atoms with Crippen LogP contribution in [-0.4, -0.2) is 43.4 Å². The highest BCUT2D eigenvalue weighted by Crippen LogP contribution is 2.29. The molecule has 17 heavy (non-hydrogen) atoms. The summed E-state index contributed by atoms with van der Waals surface area (Å²) in [5, 5.41) is 4.81. The number of rotatable bonds is 5. The molecule has 1 fully saturated rings. The summed E-state index contributed by atoms with van der Waals surface area (Å²) in [6.07, 6.45) is 0. The molecule has 0 amide bonds. The zero-order valence-electron chi connectivity index (χ0n) is 9.75. The Kier molecular flexibility index (Phi) is 5.00. The third kappa shape index (κ3) is 3.76. The summed E-state index contributed by atoms with van der Waals surface area (Å²) in [4.78, 5) is 3.46. The Labute approximate surface area is 117 Å². The van der Waals surface area contributed by atoms with Gasteiger partial charge in [0.2, 0.25) is 0 Å². The highest BCUT2D eigenvalue weighted by molar-refractivity contribution is 7.99.